The summed E-state index contributed by atoms with van der Waals surface area (Å²) in [5, 5.41) is 10.0. The van der Waals surface area contributed by atoms with Crippen LogP contribution in [0.2, 0.25) is 5.02 Å². The van der Waals surface area contributed by atoms with Gasteiger partial charge in [0.25, 0.3) is 5.91 Å². The van der Waals surface area contributed by atoms with Gasteiger partial charge in [-0.05, 0) is 55.3 Å². The molecule has 0 saturated heterocycles. The van der Waals surface area contributed by atoms with Gasteiger partial charge >= 0.3 is 0 Å². The van der Waals surface area contributed by atoms with Crippen molar-refractivity contribution in [3.05, 3.63) is 94.1 Å². The highest BCUT2D eigenvalue weighted by Gasteiger charge is 2.34. The number of hydrogen-bond acceptors (Lipinski definition) is 5. The molecule has 0 atom stereocenters. The van der Waals surface area contributed by atoms with Crippen LogP contribution in [0.25, 0.3) is 10.9 Å². The zero-order chi connectivity index (χ0) is 30.0. The fourth-order valence-corrected chi connectivity index (χ4v) is 4.78. The Balaban J connectivity index is 1.30. The average Bonchev–Trinajstić information content (AvgIpc) is 3.74. The first kappa shape index (κ1) is 28.9. The highest BCUT2D eigenvalue weighted by molar-refractivity contribution is 6.30. The molecular weight excluding hydrogens is 568 g/mol. The van der Waals surface area contributed by atoms with Gasteiger partial charge in [-0.15, -0.1) is 0 Å². The van der Waals surface area contributed by atoms with Gasteiger partial charge in [0.15, 0.2) is 5.78 Å². The minimum atomic E-state index is -0.613. The number of carbonyl (C=O) groups excluding carboxylic acids is 4. The summed E-state index contributed by atoms with van der Waals surface area (Å²) in [7, 11) is 0. The molecule has 1 heterocycles. The molecule has 3 amide bonds. The van der Waals surface area contributed by atoms with Crippen LogP contribution in [0.3, 0.4) is 0 Å². The first-order valence-corrected chi connectivity index (χ1v) is 13.6. The molecule has 9 nitrogen and oxygen atoms in total. The minimum absolute atomic E-state index is 0.0472. The number of benzene rings is 3. The summed E-state index contributed by atoms with van der Waals surface area (Å²) < 4.78 is 29.1. The van der Waals surface area contributed by atoms with Crippen molar-refractivity contribution in [1.29, 1.82) is 0 Å². The van der Waals surface area contributed by atoms with E-state index in [-0.39, 0.29) is 59.2 Å². The van der Waals surface area contributed by atoms with E-state index in [1.54, 1.807) is 24.3 Å². The van der Waals surface area contributed by atoms with E-state index in [0.717, 1.165) is 18.9 Å². The van der Waals surface area contributed by atoms with E-state index in [0.29, 0.717) is 16.6 Å². The number of halogens is 3. The van der Waals surface area contributed by atoms with Crippen LogP contribution in [0.5, 0.6) is 0 Å². The van der Waals surface area contributed by atoms with Crippen LogP contribution in [0.4, 0.5) is 14.5 Å². The summed E-state index contributed by atoms with van der Waals surface area (Å²) in [6.07, 6.45) is 1.49. The number of fused-ring (bicyclic) bond motifs is 1. The van der Waals surface area contributed by atoms with E-state index >= 15 is 0 Å². The number of Topliss-reactive ketones (excluding diaryl/α,β-unsaturated/α-hetero) is 1. The van der Waals surface area contributed by atoms with Gasteiger partial charge in [-0.1, -0.05) is 29.8 Å². The maximum Gasteiger partial charge on any atom is 0.255 e. The van der Waals surface area contributed by atoms with Crippen LogP contribution < -0.4 is 10.6 Å². The van der Waals surface area contributed by atoms with E-state index < -0.39 is 23.4 Å². The normalized spacial score (nSPS) is 12.7. The van der Waals surface area contributed by atoms with Crippen LogP contribution in [-0.4, -0.2) is 50.8 Å². The van der Waals surface area contributed by atoms with Crippen molar-refractivity contribution in [2.45, 2.75) is 38.9 Å². The van der Waals surface area contributed by atoms with Crippen molar-refractivity contribution in [3.63, 3.8) is 0 Å². The van der Waals surface area contributed by atoms with Crippen LogP contribution in [0.15, 0.2) is 60.7 Å². The first-order chi connectivity index (χ1) is 20.1. The average molecular weight is 594 g/mol. The third kappa shape index (κ3) is 6.46. The molecule has 5 rings (SSSR count). The number of carbonyl (C=O) groups is 4. The SMILES string of the molecule is CC(=O)c1nn(CC(=O)N(CC(=O)NCc2cccc(Cl)c2F)C2CC2)c2ccc(NC(=O)c3cccc(F)c3)cc12. The summed E-state index contributed by atoms with van der Waals surface area (Å²) in [6.45, 7) is 0.809. The van der Waals surface area contributed by atoms with Crippen molar-refractivity contribution in [3.8, 4) is 0 Å². The van der Waals surface area contributed by atoms with E-state index in [1.807, 2.05) is 0 Å². The van der Waals surface area contributed by atoms with Gasteiger partial charge in [0.2, 0.25) is 11.8 Å². The molecule has 0 radical (unpaired) electrons. The molecule has 216 valence electrons. The minimum Gasteiger partial charge on any atom is -0.350 e. The maximum atomic E-state index is 14.2. The first-order valence-electron chi connectivity index (χ1n) is 13.2. The summed E-state index contributed by atoms with van der Waals surface area (Å²) in [4.78, 5) is 52.5. The van der Waals surface area contributed by atoms with Crippen LogP contribution >= 0.6 is 11.6 Å². The molecule has 2 N–H and O–H groups in total. The van der Waals surface area contributed by atoms with Crippen molar-refractivity contribution in [2.24, 2.45) is 0 Å². The zero-order valence-electron chi connectivity index (χ0n) is 22.5. The van der Waals surface area contributed by atoms with Gasteiger partial charge < -0.3 is 15.5 Å². The summed E-state index contributed by atoms with van der Waals surface area (Å²) in [5.74, 6) is -2.86. The summed E-state index contributed by atoms with van der Waals surface area (Å²) in [5.41, 5.74) is 1.31. The Morgan fingerprint density at radius 1 is 1.05 bits per heavy atom. The molecule has 1 aliphatic rings. The van der Waals surface area contributed by atoms with Crippen LogP contribution in [0.1, 0.15) is 46.2 Å². The number of amides is 3. The number of anilines is 1. The predicted octanol–water partition coefficient (Wildman–Crippen LogP) is 4.73. The molecule has 1 aromatic heterocycles. The Morgan fingerprint density at radius 3 is 2.52 bits per heavy atom. The maximum absolute atomic E-state index is 14.2. The van der Waals surface area contributed by atoms with Crippen LogP contribution in [0, 0.1) is 11.6 Å². The summed E-state index contributed by atoms with van der Waals surface area (Å²) >= 11 is 5.81. The van der Waals surface area contributed by atoms with Crippen molar-refractivity contribution in [2.75, 3.05) is 11.9 Å². The largest absolute Gasteiger partial charge is 0.350 e. The molecule has 42 heavy (non-hydrogen) atoms. The van der Waals surface area contributed by atoms with E-state index in [2.05, 4.69) is 15.7 Å². The lowest BCUT2D eigenvalue weighted by Gasteiger charge is -2.22. The van der Waals surface area contributed by atoms with E-state index in [1.165, 1.54) is 46.8 Å². The summed E-state index contributed by atoms with van der Waals surface area (Å²) in [6, 6.07) is 14.4. The van der Waals surface area contributed by atoms with Crippen molar-refractivity contribution >= 4 is 51.7 Å². The van der Waals surface area contributed by atoms with E-state index in [9.17, 15) is 28.0 Å². The molecule has 3 aromatic carbocycles. The topological polar surface area (TPSA) is 113 Å². The second kappa shape index (κ2) is 12.1. The fraction of sp³-hybridized carbons (Fsp3) is 0.233. The third-order valence-electron chi connectivity index (χ3n) is 6.84. The molecule has 1 saturated carbocycles. The van der Waals surface area contributed by atoms with Gasteiger partial charge in [-0.25, -0.2) is 8.78 Å². The number of ketones is 1. The highest BCUT2D eigenvalue weighted by Crippen LogP contribution is 2.28. The molecule has 0 unspecified atom stereocenters. The molecule has 1 fully saturated rings. The van der Waals surface area contributed by atoms with Gasteiger partial charge in [-0.3, -0.25) is 23.9 Å². The highest BCUT2D eigenvalue weighted by atomic mass is 35.5. The zero-order valence-corrected chi connectivity index (χ0v) is 23.3. The van der Waals surface area contributed by atoms with Crippen LogP contribution in [-0.2, 0) is 22.7 Å². The number of hydrogen-bond donors (Lipinski definition) is 2. The lowest BCUT2D eigenvalue weighted by molar-refractivity contribution is -0.137. The van der Waals surface area contributed by atoms with Crippen molar-refractivity contribution < 1.29 is 28.0 Å². The number of nitrogens with zero attached hydrogens (tertiary/aromatic N) is 3. The Bertz CT molecular complexity index is 1720. The van der Waals surface area contributed by atoms with Crippen molar-refractivity contribution in [1.82, 2.24) is 20.0 Å². The van der Waals surface area contributed by atoms with Gasteiger partial charge in [0.05, 0.1) is 17.1 Å². The quantitative estimate of drug-likeness (QED) is 0.258. The monoisotopic (exact) mass is 593 g/mol. The van der Waals surface area contributed by atoms with Gasteiger partial charge in [0.1, 0.15) is 23.9 Å². The number of nitrogens with one attached hydrogen (secondary N) is 2. The molecular formula is C30H26ClF2N5O4. The standard InChI is InChI=1S/C30H26ClF2N5O4/c1-17(39)29-23-13-21(35-30(42)18-4-2-6-20(32)12-18)8-11-25(23)38(36-29)16-27(41)37(22-9-10-22)15-26(40)34-14-19-5-3-7-24(31)28(19)33/h2-8,11-13,22H,9-10,14-16H2,1H3,(H,34,40)(H,35,42). The Labute approximate surface area is 244 Å². The molecule has 0 aliphatic heterocycles. The Kier molecular flexibility index (Phi) is 8.30. The fourth-order valence-electron chi connectivity index (χ4n) is 4.59. The molecule has 4 aromatic rings. The predicted molar refractivity (Wildman–Crippen MR) is 152 cm³/mol. The van der Waals surface area contributed by atoms with E-state index in [4.69, 9.17) is 11.6 Å². The second-order valence-electron chi connectivity index (χ2n) is 10.0. The number of rotatable bonds is 10. The lowest BCUT2D eigenvalue weighted by atomic mass is 10.1. The Hall–Kier alpha value is -4.64. The number of aromatic nitrogens is 2. The molecule has 12 heteroatoms. The Morgan fingerprint density at radius 2 is 1.81 bits per heavy atom. The lowest BCUT2D eigenvalue weighted by Crippen LogP contribution is -2.43. The molecule has 0 bridgehead atoms. The smallest absolute Gasteiger partial charge is 0.255 e. The second-order valence-corrected chi connectivity index (χ2v) is 10.4. The van der Waals surface area contributed by atoms with Gasteiger partial charge in [0, 0.05) is 41.7 Å². The third-order valence-corrected chi connectivity index (χ3v) is 7.14. The van der Waals surface area contributed by atoms with Gasteiger partial charge in [-0.2, -0.15) is 5.10 Å². The molecule has 0 spiro atoms. The molecule has 1 aliphatic carbocycles.